The normalized spacial score (nSPS) is 16.1. The van der Waals surface area contributed by atoms with Crippen molar-refractivity contribution in [2.45, 2.75) is 20.3 Å². The number of ketones is 1. The third kappa shape index (κ3) is 4.68. The predicted molar refractivity (Wildman–Crippen MR) is 49.9 cm³/mol. The molecule has 0 heterocycles. The van der Waals surface area contributed by atoms with Crippen LogP contribution in [0.4, 0.5) is 0 Å². The van der Waals surface area contributed by atoms with Crippen molar-refractivity contribution in [2.75, 3.05) is 19.9 Å². The van der Waals surface area contributed by atoms with Gasteiger partial charge in [-0.2, -0.15) is 0 Å². The minimum absolute atomic E-state index is 0.0295. The lowest BCUT2D eigenvalue weighted by atomic mass is 10.1. The van der Waals surface area contributed by atoms with Gasteiger partial charge in [0, 0.05) is 32.3 Å². The van der Waals surface area contributed by atoms with Gasteiger partial charge in [0.05, 0.1) is 0 Å². The molecule has 0 radical (unpaired) electrons. The molecule has 72 valence electrons. The summed E-state index contributed by atoms with van der Waals surface area (Å²) < 4.78 is 16.1. The molecule has 0 amide bonds. The Hall–Kier alpha value is -0.140. The number of carbonyl (C=O) groups is 1. The second-order valence-corrected chi connectivity index (χ2v) is 6.13. The van der Waals surface area contributed by atoms with Gasteiger partial charge in [0.1, 0.15) is 5.78 Å². The lowest BCUT2D eigenvalue weighted by molar-refractivity contribution is -0.121. The fraction of sp³-hybridized carbons (Fsp3) is 0.875. The zero-order valence-corrected chi connectivity index (χ0v) is 9.06. The van der Waals surface area contributed by atoms with Gasteiger partial charge < -0.3 is 4.52 Å². The topological polar surface area (TPSA) is 43.4 Å². The molecule has 0 N–H and O–H groups in total. The van der Waals surface area contributed by atoms with Gasteiger partial charge in [-0.1, -0.05) is 13.8 Å². The number of hydrogen-bond donors (Lipinski definition) is 0. The van der Waals surface area contributed by atoms with E-state index in [9.17, 15) is 9.36 Å². The van der Waals surface area contributed by atoms with Crippen LogP contribution in [0.1, 0.15) is 20.3 Å². The highest BCUT2D eigenvalue weighted by molar-refractivity contribution is 7.58. The summed E-state index contributed by atoms with van der Waals surface area (Å²) in [6.45, 7) is 5.24. The molecule has 0 spiro atoms. The summed E-state index contributed by atoms with van der Waals surface area (Å²) in [5.74, 6) is 0.177. The summed E-state index contributed by atoms with van der Waals surface area (Å²) in [4.78, 5) is 11.1. The Balaban J connectivity index is 3.84. The minimum atomic E-state index is -2.49. The molecule has 0 saturated carbocycles. The van der Waals surface area contributed by atoms with Crippen LogP contribution in [-0.2, 0) is 13.9 Å². The Morgan fingerprint density at radius 1 is 1.50 bits per heavy atom. The molecule has 0 aromatic rings. The zero-order chi connectivity index (χ0) is 9.78. The molecule has 0 saturated heterocycles. The van der Waals surface area contributed by atoms with Crippen LogP contribution < -0.4 is 0 Å². The van der Waals surface area contributed by atoms with Crippen molar-refractivity contribution in [3.63, 3.8) is 0 Å². The number of Topliss-reactive ketones (excluding diaryl/α,β-unsaturated/α-hetero) is 1. The average Bonchev–Trinajstić information content (AvgIpc) is 2.00. The standard InChI is InChI=1S/C8H17O3P/c1-7(2)8(9)5-6-12(4,10)11-3/h7H,5-6H2,1-4H3. The van der Waals surface area contributed by atoms with Crippen molar-refractivity contribution in [1.82, 2.24) is 0 Å². The second kappa shape index (κ2) is 4.78. The molecular weight excluding hydrogens is 175 g/mol. The first-order chi connectivity index (χ1) is 5.39. The number of rotatable bonds is 5. The lowest BCUT2D eigenvalue weighted by Crippen LogP contribution is -2.09. The minimum Gasteiger partial charge on any atom is -0.332 e. The van der Waals surface area contributed by atoms with Crippen molar-refractivity contribution >= 4 is 13.2 Å². The van der Waals surface area contributed by atoms with Crippen LogP contribution >= 0.6 is 7.37 Å². The smallest absolute Gasteiger partial charge is 0.200 e. The second-order valence-electron chi connectivity index (χ2n) is 3.29. The molecular formula is C8H17O3P. The van der Waals surface area contributed by atoms with E-state index in [-0.39, 0.29) is 11.7 Å². The highest BCUT2D eigenvalue weighted by Crippen LogP contribution is 2.41. The van der Waals surface area contributed by atoms with E-state index in [1.807, 2.05) is 13.8 Å². The molecule has 1 atom stereocenters. The molecule has 0 rings (SSSR count). The van der Waals surface area contributed by atoms with Crippen LogP contribution in [0, 0.1) is 5.92 Å². The zero-order valence-electron chi connectivity index (χ0n) is 8.16. The van der Waals surface area contributed by atoms with Crippen molar-refractivity contribution in [3.05, 3.63) is 0 Å². The van der Waals surface area contributed by atoms with E-state index in [0.29, 0.717) is 12.6 Å². The highest BCUT2D eigenvalue weighted by Gasteiger charge is 2.16. The first-order valence-corrected chi connectivity index (χ1v) is 6.30. The van der Waals surface area contributed by atoms with E-state index in [1.54, 1.807) is 6.66 Å². The summed E-state index contributed by atoms with van der Waals surface area (Å²) in [6.07, 6.45) is 0.722. The highest BCUT2D eigenvalue weighted by atomic mass is 31.2. The van der Waals surface area contributed by atoms with Gasteiger partial charge >= 0.3 is 0 Å². The van der Waals surface area contributed by atoms with E-state index in [4.69, 9.17) is 4.52 Å². The van der Waals surface area contributed by atoms with Gasteiger partial charge in [-0.25, -0.2) is 0 Å². The fourth-order valence-electron chi connectivity index (χ4n) is 0.693. The monoisotopic (exact) mass is 192 g/mol. The third-order valence-corrected chi connectivity index (χ3v) is 3.60. The van der Waals surface area contributed by atoms with E-state index in [2.05, 4.69) is 0 Å². The van der Waals surface area contributed by atoms with Crippen LogP contribution in [-0.4, -0.2) is 25.7 Å². The van der Waals surface area contributed by atoms with E-state index >= 15 is 0 Å². The predicted octanol–water partition coefficient (Wildman–Crippen LogP) is 2.16. The van der Waals surface area contributed by atoms with Gasteiger partial charge in [0.25, 0.3) is 0 Å². The summed E-state index contributed by atoms with van der Waals surface area (Å²) in [5, 5.41) is 0. The Kier molecular flexibility index (Phi) is 4.73. The maximum atomic E-state index is 11.3. The average molecular weight is 192 g/mol. The first kappa shape index (κ1) is 11.9. The fourth-order valence-corrected chi connectivity index (χ4v) is 1.50. The van der Waals surface area contributed by atoms with E-state index in [0.717, 1.165) is 0 Å². The van der Waals surface area contributed by atoms with Crippen molar-refractivity contribution < 1.29 is 13.9 Å². The molecule has 0 aliphatic carbocycles. The molecule has 0 aliphatic rings. The van der Waals surface area contributed by atoms with Crippen LogP contribution in [0.15, 0.2) is 0 Å². The van der Waals surface area contributed by atoms with Crippen LogP contribution in [0.2, 0.25) is 0 Å². The quantitative estimate of drug-likeness (QED) is 0.627. The molecule has 0 fully saturated rings. The molecule has 1 unspecified atom stereocenters. The van der Waals surface area contributed by atoms with Crippen LogP contribution in [0.25, 0.3) is 0 Å². The van der Waals surface area contributed by atoms with Crippen LogP contribution in [0.5, 0.6) is 0 Å². The number of carbonyl (C=O) groups excluding carboxylic acids is 1. The molecule has 0 aliphatic heterocycles. The van der Waals surface area contributed by atoms with Gasteiger partial charge in [-0.05, 0) is 0 Å². The lowest BCUT2D eigenvalue weighted by Gasteiger charge is -2.10. The molecule has 3 nitrogen and oxygen atoms in total. The maximum absolute atomic E-state index is 11.3. The first-order valence-electron chi connectivity index (χ1n) is 4.04. The Bertz CT molecular complexity index is 198. The number of hydrogen-bond acceptors (Lipinski definition) is 3. The summed E-state index contributed by atoms with van der Waals surface area (Å²) >= 11 is 0. The van der Waals surface area contributed by atoms with Crippen LogP contribution in [0.3, 0.4) is 0 Å². The van der Waals surface area contributed by atoms with Gasteiger partial charge in [0.15, 0.2) is 7.37 Å². The van der Waals surface area contributed by atoms with E-state index in [1.165, 1.54) is 7.11 Å². The molecule has 4 heteroatoms. The van der Waals surface area contributed by atoms with Gasteiger partial charge in [-0.3, -0.25) is 9.36 Å². The molecule has 0 aromatic carbocycles. The summed E-state index contributed by atoms with van der Waals surface area (Å²) in [5.41, 5.74) is 0. The Morgan fingerprint density at radius 2 is 2.00 bits per heavy atom. The van der Waals surface area contributed by atoms with Crippen molar-refractivity contribution in [2.24, 2.45) is 5.92 Å². The largest absolute Gasteiger partial charge is 0.332 e. The summed E-state index contributed by atoms with van der Waals surface area (Å²) in [6, 6.07) is 0. The third-order valence-electron chi connectivity index (χ3n) is 1.79. The van der Waals surface area contributed by atoms with Gasteiger partial charge in [-0.15, -0.1) is 0 Å². The molecule has 0 aromatic heterocycles. The Labute approximate surface area is 73.9 Å². The SMILES string of the molecule is COP(C)(=O)CCC(=O)C(C)C. The molecule has 12 heavy (non-hydrogen) atoms. The van der Waals surface area contributed by atoms with E-state index < -0.39 is 7.37 Å². The summed E-state index contributed by atoms with van der Waals surface area (Å²) in [7, 11) is -1.07. The Morgan fingerprint density at radius 3 is 2.33 bits per heavy atom. The van der Waals surface area contributed by atoms with Gasteiger partial charge in [0.2, 0.25) is 0 Å². The molecule has 0 bridgehead atoms. The van der Waals surface area contributed by atoms with Crippen molar-refractivity contribution in [1.29, 1.82) is 0 Å². The maximum Gasteiger partial charge on any atom is 0.200 e. The van der Waals surface area contributed by atoms with Crippen molar-refractivity contribution in [3.8, 4) is 0 Å².